The van der Waals surface area contributed by atoms with Crippen molar-refractivity contribution in [2.45, 2.75) is 19.8 Å². The van der Waals surface area contributed by atoms with Gasteiger partial charge < -0.3 is 19.6 Å². The number of aromatic nitrogens is 4. The fourth-order valence-electron chi connectivity index (χ4n) is 3.65. The Morgan fingerprint density at radius 2 is 2.03 bits per heavy atom. The zero-order chi connectivity index (χ0) is 22.5. The number of anilines is 1. The number of hydrogen-bond donors (Lipinski definition) is 1. The van der Waals surface area contributed by atoms with Crippen molar-refractivity contribution >= 4 is 41.5 Å². The lowest BCUT2D eigenvalue weighted by molar-refractivity contribution is -0.120. The minimum atomic E-state index is 0. The normalized spacial score (nSPS) is 14.4. The van der Waals surface area contributed by atoms with Gasteiger partial charge in [-0.2, -0.15) is 10.1 Å². The van der Waals surface area contributed by atoms with Gasteiger partial charge >= 0.3 is 0 Å². The number of carbonyl (C=O) groups excluding carboxylic acids is 1. The number of rotatable bonds is 6. The van der Waals surface area contributed by atoms with Crippen molar-refractivity contribution in [1.82, 2.24) is 30.1 Å². The second-order valence-corrected chi connectivity index (χ2v) is 7.63. The fraction of sp³-hybridized carbons (Fsp3) is 0.409. The molecule has 1 saturated heterocycles. The van der Waals surface area contributed by atoms with Gasteiger partial charge in [0, 0.05) is 51.9 Å². The molecule has 0 spiro atoms. The molecule has 11 heteroatoms. The van der Waals surface area contributed by atoms with Gasteiger partial charge in [0.25, 0.3) is 5.89 Å². The van der Waals surface area contributed by atoms with E-state index in [0.29, 0.717) is 31.3 Å². The van der Waals surface area contributed by atoms with Crippen LogP contribution in [0.2, 0.25) is 0 Å². The number of guanidine groups is 1. The molecule has 0 radical (unpaired) electrons. The first-order valence-corrected chi connectivity index (χ1v) is 10.7. The summed E-state index contributed by atoms with van der Waals surface area (Å²) < 4.78 is 6.99. The Balaban J connectivity index is 0.00000306. The molecule has 0 aliphatic carbocycles. The summed E-state index contributed by atoms with van der Waals surface area (Å²) >= 11 is 0. The molecule has 3 heterocycles. The monoisotopic (exact) mass is 564 g/mol. The number of amides is 1. The van der Waals surface area contributed by atoms with Crippen LogP contribution in [0.5, 0.6) is 0 Å². The summed E-state index contributed by atoms with van der Waals surface area (Å²) in [4.78, 5) is 25.1. The number of hydrogen-bond acceptors (Lipinski definition) is 6. The molecule has 0 saturated carbocycles. The number of aliphatic imine (C=N–C) groups is 1. The minimum absolute atomic E-state index is 0. The molecule has 0 atom stereocenters. The second kappa shape index (κ2) is 11.3. The van der Waals surface area contributed by atoms with Crippen LogP contribution in [0.15, 0.2) is 46.2 Å². The van der Waals surface area contributed by atoms with Crippen molar-refractivity contribution in [2.24, 2.45) is 12.0 Å². The van der Waals surface area contributed by atoms with E-state index in [9.17, 15) is 4.79 Å². The first kappa shape index (κ1) is 24.7. The molecule has 10 nitrogen and oxygen atoms in total. The minimum Gasteiger partial charge on any atom is -0.356 e. The topological polar surface area (TPSA) is 105 Å². The third-order valence-corrected chi connectivity index (χ3v) is 5.42. The highest BCUT2D eigenvalue weighted by Crippen LogP contribution is 2.18. The molecule has 0 unspecified atom stereocenters. The number of aryl methyl sites for hydroxylation is 2. The lowest BCUT2D eigenvalue weighted by Crippen LogP contribution is -2.55. The molecule has 1 amide bonds. The summed E-state index contributed by atoms with van der Waals surface area (Å²) in [7, 11) is 3.58. The largest absolute Gasteiger partial charge is 0.356 e. The van der Waals surface area contributed by atoms with E-state index in [1.54, 1.807) is 22.8 Å². The van der Waals surface area contributed by atoms with Crippen LogP contribution in [0.4, 0.5) is 5.69 Å². The highest BCUT2D eigenvalue weighted by atomic mass is 127. The van der Waals surface area contributed by atoms with Gasteiger partial charge in [-0.25, -0.2) is 0 Å². The molecule has 0 bridgehead atoms. The van der Waals surface area contributed by atoms with Crippen LogP contribution >= 0.6 is 24.0 Å². The molecular weight excluding hydrogens is 535 g/mol. The van der Waals surface area contributed by atoms with E-state index in [4.69, 9.17) is 4.52 Å². The molecule has 1 aliphatic rings. The molecule has 1 N–H and O–H groups in total. The third-order valence-electron chi connectivity index (χ3n) is 5.42. The summed E-state index contributed by atoms with van der Waals surface area (Å²) in [6.07, 6.45) is 5.14. The summed E-state index contributed by atoms with van der Waals surface area (Å²) in [6, 6.07) is 8.11. The van der Waals surface area contributed by atoms with E-state index in [1.165, 1.54) is 5.56 Å². The van der Waals surface area contributed by atoms with E-state index < -0.39 is 0 Å². The van der Waals surface area contributed by atoms with Gasteiger partial charge in [-0.3, -0.25) is 14.5 Å². The Labute approximate surface area is 210 Å². The number of benzene rings is 1. The van der Waals surface area contributed by atoms with Crippen molar-refractivity contribution in [3.05, 3.63) is 48.0 Å². The number of halogens is 1. The maximum Gasteiger partial charge on any atom is 0.257 e. The van der Waals surface area contributed by atoms with Gasteiger partial charge in [-0.15, -0.1) is 24.0 Å². The average molecular weight is 564 g/mol. The van der Waals surface area contributed by atoms with Crippen molar-refractivity contribution in [1.29, 1.82) is 0 Å². The van der Waals surface area contributed by atoms with Crippen LogP contribution < -0.4 is 10.2 Å². The van der Waals surface area contributed by atoms with Gasteiger partial charge in [-0.05, 0) is 24.1 Å². The van der Waals surface area contributed by atoms with E-state index in [1.807, 2.05) is 37.2 Å². The van der Waals surface area contributed by atoms with Crippen molar-refractivity contribution in [2.75, 3.05) is 38.1 Å². The van der Waals surface area contributed by atoms with Gasteiger partial charge in [0.1, 0.15) is 6.54 Å². The molecule has 2 aromatic heterocycles. The predicted molar refractivity (Wildman–Crippen MR) is 137 cm³/mol. The lowest BCUT2D eigenvalue weighted by Gasteiger charge is -2.35. The molecule has 4 rings (SSSR count). The third kappa shape index (κ3) is 5.89. The van der Waals surface area contributed by atoms with E-state index in [-0.39, 0.29) is 36.4 Å². The van der Waals surface area contributed by atoms with Crippen LogP contribution in [-0.4, -0.2) is 69.9 Å². The Morgan fingerprint density at radius 3 is 2.64 bits per heavy atom. The van der Waals surface area contributed by atoms with Gasteiger partial charge in [0.05, 0.1) is 11.9 Å². The van der Waals surface area contributed by atoms with Crippen molar-refractivity contribution in [3.8, 4) is 11.5 Å². The molecule has 3 aromatic rings. The maximum atomic E-state index is 12.6. The molecule has 33 heavy (non-hydrogen) atoms. The molecule has 176 valence electrons. The number of nitrogens with zero attached hydrogens (tertiary/aromatic N) is 7. The van der Waals surface area contributed by atoms with Crippen molar-refractivity contribution < 1.29 is 9.32 Å². The average Bonchev–Trinajstić information content (AvgIpc) is 3.46. The maximum absolute atomic E-state index is 12.6. The van der Waals surface area contributed by atoms with Crippen LogP contribution in [-0.2, 0) is 24.7 Å². The van der Waals surface area contributed by atoms with Crippen LogP contribution in [0.25, 0.3) is 11.5 Å². The highest BCUT2D eigenvalue weighted by Gasteiger charge is 2.27. The first-order chi connectivity index (χ1) is 15.6. The van der Waals surface area contributed by atoms with Crippen LogP contribution in [0.1, 0.15) is 18.3 Å². The van der Waals surface area contributed by atoms with Gasteiger partial charge in [0.15, 0.2) is 11.8 Å². The number of piperazine rings is 1. The quantitative estimate of drug-likeness (QED) is 0.278. The Morgan fingerprint density at radius 1 is 1.24 bits per heavy atom. The van der Waals surface area contributed by atoms with Crippen LogP contribution in [0, 0.1) is 0 Å². The number of carbonyl (C=O) groups is 1. The Bertz CT molecular complexity index is 1090. The second-order valence-electron chi connectivity index (χ2n) is 7.63. The standard InChI is InChI=1S/C22H28N8O2.HI/c1-4-19-26-21(32-27-19)17-7-5-16(6-8-17)9-10-24-22(23-2)29-11-12-30(20(31)15-29)18-13-25-28(3)14-18;/h5-8,13-14H,4,9-12,15H2,1-3H3,(H,23,24);1H. The van der Waals surface area contributed by atoms with Crippen LogP contribution in [0.3, 0.4) is 0 Å². The van der Waals surface area contributed by atoms with Gasteiger partial charge in [0.2, 0.25) is 5.91 Å². The first-order valence-electron chi connectivity index (χ1n) is 10.7. The van der Waals surface area contributed by atoms with E-state index in [2.05, 4.69) is 37.7 Å². The van der Waals surface area contributed by atoms with E-state index >= 15 is 0 Å². The predicted octanol–water partition coefficient (Wildman–Crippen LogP) is 2.12. The fourth-order valence-corrected chi connectivity index (χ4v) is 3.65. The molecule has 1 aromatic carbocycles. The SMILES string of the molecule is CCc1noc(-c2ccc(CCNC(=NC)N3CCN(c4cnn(C)c4)C(=O)C3)cc2)n1.I. The summed E-state index contributed by atoms with van der Waals surface area (Å²) in [5, 5.41) is 11.5. The zero-order valence-electron chi connectivity index (χ0n) is 19.1. The highest BCUT2D eigenvalue weighted by molar-refractivity contribution is 14.0. The molecule has 1 aliphatic heterocycles. The zero-order valence-corrected chi connectivity index (χ0v) is 21.4. The smallest absolute Gasteiger partial charge is 0.257 e. The summed E-state index contributed by atoms with van der Waals surface area (Å²) in [5.74, 6) is 2.02. The molecule has 1 fully saturated rings. The summed E-state index contributed by atoms with van der Waals surface area (Å²) in [5.41, 5.74) is 2.93. The lowest BCUT2D eigenvalue weighted by atomic mass is 10.1. The van der Waals surface area contributed by atoms with E-state index in [0.717, 1.165) is 30.1 Å². The Kier molecular flexibility index (Phi) is 8.42. The van der Waals surface area contributed by atoms with Gasteiger partial charge in [-0.1, -0.05) is 24.2 Å². The Hall–Kier alpha value is -2.96. The van der Waals surface area contributed by atoms with Crippen molar-refractivity contribution in [3.63, 3.8) is 0 Å². The molecular formula is C22H29IN8O2. The summed E-state index contributed by atoms with van der Waals surface area (Å²) in [6.45, 7) is 4.30. The number of nitrogens with one attached hydrogen (secondary N) is 1.